The van der Waals surface area contributed by atoms with Gasteiger partial charge >= 0.3 is 12.1 Å². The molecule has 1 aromatic heterocycles. The van der Waals surface area contributed by atoms with E-state index in [9.17, 15) is 19.5 Å². The van der Waals surface area contributed by atoms with Crippen molar-refractivity contribution in [2.45, 2.75) is 0 Å². The molecular formula is C10H6N2O6. The summed E-state index contributed by atoms with van der Waals surface area (Å²) in [6, 6.07) is 0. The highest BCUT2D eigenvalue weighted by atomic mass is 16.4. The lowest BCUT2D eigenvalue weighted by atomic mass is 10.0. The van der Waals surface area contributed by atoms with Gasteiger partial charge in [0.2, 0.25) is 5.88 Å². The van der Waals surface area contributed by atoms with Gasteiger partial charge in [0.05, 0.1) is 16.7 Å². The Kier molecular flexibility index (Phi) is 2.47. The molecule has 3 N–H and O–H groups in total. The number of aromatic carboxylic acids is 1. The average molecular weight is 250 g/mol. The molecule has 18 heavy (non-hydrogen) atoms. The van der Waals surface area contributed by atoms with Crippen molar-refractivity contribution < 1.29 is 29.7 Å². The van der Waals surface area contributed by atoms with Crippen LogP contribution in [-0.4, -0.2) is 44.1 Å². The van der Waals surface area contributed by atoms with E-state index in [-0.39, 0.29) is 11.1 Å². The Labute approximate surface area is 99.1 Å². The van der Waals surface area contributed by atoms with Crippen molar-refractivity contribution >= 4 is 29.8 Å². The van der Waals surface area contributed by atoms with E-state index in [0.29, 0.717) is 4.57 Å². The normalized spacial score (nSPS) is 13.8. The largest absolute Gasteiger partial charge is 0.494 e. The van der Waals surface area contributed by atoms with E-state index in [1.54, 1.807) is 0 Å². The Morgan fingerprint density at radius 2 is 1.94 bits per heavy atom. The highest BCUT2D eigenvalue weighted by molar-refractivity contribution is 6.30. The van der Waals surface area contributed by atoms with Gasteiger partial charge in [-0.1, -0.05) is 0 Å². The summed E-state index contributed by atoms with van der Waals surface area (Å²) in [5.74, 6) is -3.03. The number of carboxylic acids is 1. The molecule has 0 atom stereocenters. The number of aromatic nitrogens is 1. The molecule has 1 aliphatic rings. The lowest BCUT2D eigenvalue weighted by Crippen LogP contribution is -2.05. The van der Waals surface area contributed by atoms with Gasteiger partial charge < -0.3 is 15.3 Å². The first-order valence-electron chi connectivity index (χ1n) is 4.63. The smallest absolute Gasteiger partial charge is 0.418 e. The van der Waals surface area contributed by atoms with Gasteiger partial charge in [0, 0.05) is 12.4 Å². The zero-order valence-corrected chi connectivity index (χ0v) is 8.69. The molecule has 2 heterocycles. The van der Waals surface area contributed by atoms with E-state index in [1.807, 2.05) is 0 Å². The number of aliphatic imine (C=N–C) groups is 1. The summed E-state index contributed by atoms with van der Waals surface area (Å²) in [4.78, 5) is 36.5. The Morgan fingerprint density at radius 3 is 2.39 bits per heavy atom. The summed E-state index contributed by atoms with van der Waals surface area (Å²) in [6.07, 6.45) is 1.51. The fourth-order valence-electron chi connectivity index (χ4n) is 1.58. The topological polar surface area (TPSA) is 129 Å². The maximum Gasteiger partial charge on any atom is 0.418 e. The second-order valence-electron chi connectivity index (χ2n) is 3.36. The third-order valence-corrected chi connectivity index (χ3v) is 2.35. The van der Waals surface area contributed by atoms with Crippen molar-refractivity contribution in [1.82, 2.24) is 4.57 Å². The van der Waals surface area contributed by atoms with Gasteiger partial charge in [0.25, 0.3) is 5.91 Å². The van der Waals surface area contributed by atoms with Crippen molar-refractivity contribution in [3.8, 4) is 5.88 Å². The van der Waals surface area contributed by atoms with Crippen LogP contribution < -0.4 is 0 Å². The first-order chi connectivity index (χ1) is 8.43. The summed E-state index contributed by atoms with van der Waals surface area (Å²) < 4.78 is 0.325. The van der Waals surface area contributed by atoms with E-state index in [4.69, 9.17) is 10.2 Å². The molecule has 0 unspecified atom stereocenters. The zero-order chi connectivity index (χ0) is 13.4. The van der Waals surface area contributed by atoms with Crippen molar-refractivity contribution in [2.24, 2.45) is 4.99 Å². The quantitative estimate of drug-likeness (QED) is 0.697. The fourth-order valence-corrected chi connectivity index (χ4v) is 1.58. The van der Waals surface area contributed by atoms with Gasteiger partial charge in [-0.15, -0.1) is 0 Å². The number of allylic oxidation sites excluding steroid dienone is 1. The summed E-state index contributed by atoms with van der Waals surface area (Å²) in [7, 11) is 0. The average Bonchev–Trinajstić information content (AvgIpc) is 2.82. The number of carbonyl (C=O) groups excluding carboxylic acids is 1. The first kappa shape index (κ1) is 11.6. The van der Waals surface area contributed by atoms with Crippen molar-refractivity contribution in [2.75, 3.05) is 0 Å². The molecule has 0 aromatic carbocycles. The predicted octanol–water partition coefficient (Wildman–Crippen LogP) is 0.412. The Balaban J connectivity index is 2.69. The molecule has 1 amide bonds. The number of carboxylic acid groups (broad SMARTS) is 2. The molecule has 0 radical (unpaired) electrons. The minimum Gasteiger partial charge on any atom is -0.494 e. The second kappa shape index (κ2) is 3.84. The van der Waals surface area contributed by atoms with Gasteiger partial charge in [0.1, 0.15) is 0 Å². The van der Waals surface area contributed by atoms with Crippen molar-refractivity contribution in [3.63, 3.8) is 0 Å². The molecule has 0 fully saturated rings. The fraction of sp³-hybridized carbons (Fsp3) is 0. The lowest BCUT2D eigenvalue weighted by molar-refractivity contribution is -0.112. The predicted molar refractivity (Wildman–Crippen MR) is 58.0 cm³/mol. The Morgan fingerprint density at radius 1 is 1.28 bits per heavy atom. The number of aromatic hydroxyl groups is 1. The maximum atomic E-state index is 11.4. The maximum absolute atomic E-state index is 11.4. The number of nitrogens with zero attached hydrogens (tertiary/aromatic N) is 2. The van der Waals surface area contributed by atoms with Crippen LogP contribution in [0.15, 0.2) is 17.3 Å². The van der Waals surface area contributed by atoms with Gasteiger partial charge in [0.15, 0.2) is 0 Å². The van der Waals surface area contributed by atoms with Gasteiger partial charge in [-0.25, -0.2) is 19.1 Å². The molecule has 1 aromatic rings. The lowest BCUT2D eigenvalue weighted by Gasteiger charge is -2.01. The Hall–Kier alpha value is -2.90. The molecule has 8 heteroatoms. The number of rotatable bonds is 2. The summed E-state index contributed by atoms with van der Waals surface area (Å²) in [5.41, 5.74) is -1.00. The molecular weight excluding hydrogens is 244 g/mol. The van der Waals surface area contributed by atoms with E-state index < -0.39 is 29.4 Å². The van der Waals surface area contributed by atoms with Crippen LogP contribution in [0, 0.1) is 0 Å². The van der Waals surface area contributed by atoms with Crippen LogP contribution >= 0.6 is 0 Å². The van der Waals surface area contributed by atoms with Crippen molar-refractivity contribution in [1.29, 1.82) is 0 Å². The van der Waals surface area contributed by atoms with E-state index >= 15 is 0 Å². The molecule has 0 saturated carbocycles. The van der Waals surface area contributed by atoms with Crippen LogP contribution in [0.2, 0.25) is 0 Å². The molecule has 0 saturated heterocycles. The van der Waals surface area contributed by atoms with Crippen LogP contribution in [0.1, 0.15) is 15.9 Å². The van der Waals surface area contributed by atoms with Crippen LogP contribution in [0.25, 0.3) is 5.57 Å². The molecule has 8 nitrogen and oxygen atoms in total. The SMILES string of the molecule is O=C1N=CC=C1c1c(C(=O)O)cn(C(=O)O)c1O. The molecule has 0 bridgehead atoms. The molecule has 0 aliphatic carbocycles. The van der Waals surface area contributed by atoms with E-state index in [1.165, 1.54) is 6.08 Å². The standard InChI is InChI=1S/C10H6N2O6/c13-7-4(1-2-11-7)6-5(9(15)16)3-12(8(6)14)10(17)18/h1-3,14H,(H,15,16)(H,17,18). The zero-order valence-electron chi connectivity index (χ0n) is 8.69. The number of carbonyl (C=O) groups is 3. The summed E-state index contributed by atoms with van der Waals surface area (Å²) in [6.45, 7) is 0. The van der Waals surface area contributed by atoms with Crippen molar-refractivity contribution in [3.05, 3.63) is 23.4 Å². The van der Waals surface area contributed by atoms with Gasteiger partial charge in [-0.05, 0) is 6.08 Å². The minimum atomic E-state index is -1.56. The van der Waals surface area contributed by atoms with E-state index in [0.717, 1.165) is 12.4 Å². The van der Waals surface area contributed by atoms with Crippen LogP contribution in [0.3, 0.4) is 0 Å². The Bertz CT molecular complexity index is 637. The van der Waals surface area contributed by atoms with Crippen LogP contribution in [0.4, 0.5) is 4.79 Å². The molecule has 92 valence electrons. The van der Waals surface area contributed by atoms with E-state index in [2.05, 4.69) is 4.99 Å². The van der Waals surface area contributed by atoms with Crippen LogP contribution in [-0.2, 0) is 4.79 Å². The third-order valence-electron chi connectivity index (χ3n) is 2.35. The summed E-state index contributed by atoms with van der Waals surface area (Å²) >= 11 is 0. The second-order valence-corrected chi connectivity index (χ2v) is 3.36. The number of hydrogen-bond acceptors (Lipinski definition) is 4. The third kappa shape index (κ3) is 1.56. The highest BCUT2D eigenvalue weighted by Gasteiger charge is 2.29. The van der Waals surface area contributed by atoms with Crippen LogP contribution in [0.5, 0.6) is 5.88 Å². The molecule has 0 spiro atoms. The monoisotopic (exact) mass is 250 g/mol. The summed E-state index contributed by atoms with van der Waals surface area (Å²) in [5, 5.41) is 27.4. The minimum absolute atomic E-state index is 0.162. The first-order valence-corrected chi connectivity index (χ1v) is 4.63. The highest BCUT2D eigenvalue weighted by Crippen LogP contribution is 2.32. The molecule has 1 aliphatic heterocycles. The number of amides is 1. The molecule has 2 rings (SSSR count). The van der Waals surface area contributed by atoms with Gasteiger partial charge in [-0.2, -0.15) is 0 Å². The van der Waals surface area contributed by atoms with Gasteiger partial charge in [-0.3, -0.25) is 4.79 Å². The number of hydrogen-bond donors (Lipinski definition) is 3.